The topological polar surface area (TPSA) is 118 Å². The molecule has 9 nitrogen and oxygen atoms in total. The van der Waals surface area contributed by atoms with Crippen LogP contribution in [0.1, 0.15) is 18.9 Å². The molecule has 0 aliphatic carbocycles. The maximum atomic E-state index is 13.5. The van der Waals surface area contributed by atoms with Crippen LogP contribution < -0.4 is 4.31 Å². The van der Waals surface area contributed by atoms with Crippen LogP contribution in [0, 0.1) is 0 Å². The number of carbonyl (C=O) groups is 2. The zero-order valence-corrected chi connectivity index (χ0v) is 23.8. The molecule has 3 aromatic carbocycles. The highest BCUT2D eigenvalue weighted by atomic mass is 32.2. The van der Waals surface area contributed by atoms with E-state index >= 15 is 0 Å². The van der Waals surface area contributed by atoms with Crippen molar-refractivity contribution in [2.45, 2.75) is 28.6 Å². The number of methoxy groups -OCH3 is 1. The van der Waals surface area contributed by atoms with Crippen LogP contribution in [0.3, 0.4) is 0 Å². The Labute approximate surface area is 234 Å². The molecular formula is C29H30N2O7S2. The summed E-state index contributed by atoms with van der Waals surface area (Å²) >= 11 is 0. The third-order valence-corrected chi connectivity index (χ3v) is 10.3. The molecule has 0 saturated carbocycles. The number of allylic oxidation sites excluding steroid dienone is 1. The molecule has 0 saturated heterocycles. The summed E-state index contributed by atoms with van der Waals surface area (Å²) in [4.78, 5) is 25.2. The lowest BCUT2D eigenvalue weighted by atomic mass is 9.80. The van der Waals surface area contributed by atoms with Crippen molar-refractivity contribution in [1.29, 1.82) is 0 Å². The van der Waals surface area contributed by atoms with Gasteiger partial charge in [-0.25, -0.2) is 16.8 Å². The Morgan fingerprint density at radius 1 is 0.900 bits per heavy atom. The number of nitrogens with zero attached hydrogens (tertiary/aromatic N) is 2. The molecule has 1 aliphatic heterocycles. The molecular weight excluding hydrogens is 552 g/mol. The molecule has 40 heavy (non-hydrogen) atoms. The van der Waals surface area contributed by atoms with E-state index in [2.05, 4.69) is 4.74 Å². The maximum Gasteiger partial charge on any atom is 0.321 e. The fraction of sp³-hybridized carbons (Fsp3) is 0.241. The van der Waals surface area contributed by atoms with E-state index in [1.165, 1.54) is 40.7 Å². The largest absolute Gasteiger partial charge is 0.468 e. The van der Waals surface area contributed by atoms with Crippen molar-refractivity contribution in [2.75, 3.05) is 31.0 Å². The van der Waals surface area contributed by atoms with Crippen LogP contribution in [0.15, 0.2) is 107 Å². The van der Waals surface area contributed by atoms with Crippen molar-refractivity contribution in [1.82, 2.24) is 4.31 Å². The van der Waals surface area contributed by atoms with Crippen molar-refractivity contribution in [3.63, 3.8) is 0 Å². The van der Waals surface area contributed by atoms with Crippen molar-refractivity contribution >= 4 is 37.5 Å². The maximum absolute atomic E-state index is 13.5. The normalized spacial score (nSPS) is 17.2. The van der Waals surface area contributed by atoms with E-state index < -0.39 is 38.0 Å². The van der Waals surface area contributed by atoms with Crippen LogP contribution in [0.2, 0.25) is 0 Å². The number of carbonyl (C=O) groups excluding carboxylic acids is 2. The molecule has 0 spiro atoms. The number of ketones is 1. The van der Waals surface area contributed by atoms with E-state index in [9.17, 15) is 26.4 Å². The van der Waals surface area contributed by atoms with E-state index in [-0.39, 0.29) is 35.1 Å². The van der Waals surface area contributed by atoms with Crippen LogP contribution in [-0.4, -0.2) is 59.6 Å². The molecule has 4 rings (SSSR count). The highest BCUT2D eigenvalue weighted by molar-refractivity contribution is 7.92. The third kappa shape index (κ3) is 6.01. The molecule has 0 N–H and O–H groups in total. The zero-order chi connectivity index (χ0) is 29.0. The summed E-state index contributed by atoms with van der Waals surface area (Å²) in [5, 5.41) is 0. The summed E-state index contributed by atoms with van der Waals surface area (Å²) < 4.78 is 60.1. The predicted molar refractivity (Wildman–Crippen MR) is 151 cm³/mol. The summed E-state index contributed by atoms with van der Waals surface area (Å²) in [5.74, 6) is -1.06. The molecule has 3 aromatic rings. The van der Waals surface area contributed by atoms with Crippen LogP contribution in [-0.2, 0) is 39.8 Å². The lowest BCUT2D eigenvalue weighted by Gasteiger charge is -2.25. The number of rotatable bonds is 11. The second-order valence-corrected chi connectivity index (χ2v) is 13.4. The van der Waals surface area contributed by atoms with Gasteiger partial charge in [0, 0.05) is 24.9 Å². The first-order valence-electron chi connectivity index (χ1n) is 12.5. The molecule has 210 valence electrons. The molecule has 0 radical (unpaired) electrons. The molecule has 1 unspecified atom stereocenters. The van der Waals surface area contributed by atoms with Gasteiger partial charge in [-0.1, -0.05) is 67.6 Å². The minimum absolute atomic E-state index is 0.00780. The Hall–Kier alpha value is -3.80. The SMILES string of the molecule is COC(=O)CN(C/C=C/C(=O)CC1(C)CN(S(=O)(=O)c2ccccc2)c2ccccc21)S(=O)(=O)c1ccccc1. The molecule has 1 aliphatic rings. The average Bonchev–Trinajstić information content (AvgIpc) is 3.26. The highest BCUT2D eigenvalue weighted by Crippen LogP contribution is 2.45. The molecule has 0 aromatic heterocycles. The van der Waals surface area contributed by atoms with Crippen LogP contribution in [0.25, 0.3) is 0 Å². The smallest absolute Gasteiger partial charge is 0.321 e. The van der Waals surface area contributed by atoms with Crippen molar-refractivity contribution in [3.05, 3.63) is 103 Å². The van der Waals surface area contributed by atoms with Crippen LogP contribution in [0.4, 0.5) is 5.69 Å². The minimum atomic E-state index is -4.03. The summed E-state index contributed by atoms with van der Waals surface area (Å²) in [6, 6.07) is 22.9. The molecule has 0 bridgehead atoms. The van der Waals surface area contributed by atoms with E-state index in [1.54, 1.807) is 54.6 Å². The Balaban J connectivity index is 1.53. The van der Waals surface area contributed by atoms with Gasteiger partial charge < -0.3 is 4.74 Å². The van der Waals surface area contributed by atoms with E-state index in [0.717, 1.165) is 17.0 Å². The quantitative estimate of drug-likeness (QED) is 0.251. The fourth-order valence-corrected chi connectivity index (χ4v) is 7.70. The molecule has 1 heterocycles. The predicted octanol–water partition coefficient (Wildman–Crippen LogP) is 3.53. The lowest BCUT2D eigenvalue weighted by molar-refractivity contribution is -0.140. The van der Waals surface area contributed by atoms with Crippen molar-refractivity contribution in [2.24, 2.45) is 0 Å². The van der Waals surface area contributed by atoms with Crippen molar-refractivity contribution < 1.29 is 31.2 Å². The van der Waals surface area contributed by atoms with Gasteiger partial charge in [-0.05, 0) is 42.0 Å². The number of hydrogen-bond donors (Lipinski definition) is 0. The summed E-state index contributed by atoms with van der Waals surface area (Å²) in [7, 11) is -6.73. The van der Waals surface area contributed by atoms with Crippen molar-refractivity contribution in [3.8, 4) is 0 Å². The van der Waals surface area contributed by atoms with Crippen LogP contribution >= 0.6 is 0 Å². The van der Waals surface area contributed by atoms with Gasteiger partial charge in [-0.3, -0.25) is 13.9 Å². The summed E-state index contributed by atoms with van der Waals surface area (Å²) in [6.07, 6.45) is 2.64. The molecule has 11 heteroatoms. The highest BCUT2D eigenvalue weighted by Gasteiger charge is 2.44. The number of benzene rings is 3. The Bertz CT molecular complexity index is 1620. The molecule has 0 amide bonds. The van der Waals surface area contributed by atoms with Gasteiger partial charge in [-0.15, -0.1) is 0 Å². The Morgan fingerprint density at radius 3 is 2.10 bits per heavy atom. The first-order valence-corrected chi connectivity index (χ1v) is 15.4. The van der Waals surface area contributed by atoms with Gasteiger partial charge in [-0.2, -0.15) is 4.31 Å². The Morgan fingerprint density at radius 2 is 1.48 bits per heavy atom. The number of ether oxygens (including phenoxy) is 1. The monoisotopic (exact) mass is 582 g/mol. The Kier molecular flexibility index (Phi) is 8.57. The van der Waals surface area contributed by atoms with Gasteiger partial charge in [0.1, 0.15) is 6.54 Å². The minimum Gasteiger partial charge on any atom is -0.468 e. The third-order valence-electron chi connectivity index (χ3n) is 6.74. The van der Waals surface area contributed by atoms with Crippen LogP contribution in [0.5, 0.6) is 0 Å². The molecule has 0 fully saturated rings. The zero-order valence-electron chi connectivity index (χ0n) is 22.1. The standard InChI is InChI=1S/C29H30N2O7S2/c1-29(22-31(27-18-10-9-17-26(27)29)40(36,37)25-15-7-4-8-16-25)20-23(32)12-11-19-30(21-28(33)38-2)39(34,35)24-13-5-3-6-14-24/h3-18H,19-22H2,1-2H3/b12-11+. The van der Waals surface area contributed by atoms with Gasteiger partial charge in [0.25, 0.3) is 10.0 Å². The first kappa shape index (κ1) is 29.2. The van der Waals surface area contributed by atoms with E-state index in [0.29, 0.717) is 5.69 Å². The van der Waals surface area contributed by atoms with E-state index in [4.69, 9.17) is 0 Å². The lowest BCUT2D eigenvalue weighted by Crippen LogP contribution is -2.37. The van der Waals surface area contributed by atoms with Gasteiger partial charge >= 0.3 is 5.97 Å². The number of sulfonamides is 2. The number of para-hydroxylation sites is 1. The average molecular weight is 583 g/mol. The second kappa shape index (κ2) is 11.7. The number of esters is 1. The summed E-state index contributed by atoms with van der Waals surface area (Å²) in [5.41, 5.74) is 0.431. The first-order chi connectivity index (χ1) is 19.0. The van der Waals surface area contributed by atoms with Gasteiger partial charge in [0.2, 0.25) is 10.0 Å². The van der Waals surface area contributed by atoms with E-state index in [1.807, 2.05) is 13.0 Å². The number of hydrogen-bond acceptors (Lipinski definition) is 7. The van der Waals surface area contributed by atoms with Gasteiger partial charge in [0.05, 0.1) is 22.6 Å². The fourth-order valence-electron chi connectivity index (χ4n) is 4.72. The molecule has 1 atom stereocenters. The second-order valence-electron chi connectivity index (χ2n) is 9.63. The number of anilines is 1. The van der Waals surface area contributed by atoms with Gasteiger partial charge in [0.15, 0.2) is 5.78 Å². The number of fused-ring (bicyclic) bond motifs is 1. The summed E-state index contributed by atoms with van der Waals surface area (Å²) in [6.45, 7) is 1.14.